The van der Waals surface area contributed by atoms with E-state index in [0.29, 0.717) is 5.13 Å². The Morgan fingerprint density at radius 3 is 2.63 bits per heavy atom. The molecule has 1 heterocycles. The van der Waals surface area contributed by atoms with Crippen molar-refractivity contribution in [2.45, 2.75) is 59.4 Å². The molecule has 2 rings (SSSR count). The SMILES string of the molecule is CCCC[C@H](CC)C(=O)N[C@@H](C)C(=O)Nc1nnc(-c2cccc(C)c2)s1. The number of nitrogens with one attached hydrogen (secondary N) is 2. The number of unbranched alkanes of at least 4 members (excludes halogenated alkanes) is 1. The number of benzene rings is 1. The van der Waals surface area contributed by atoms with Crippen molar-refractivity contribution in [2.24, 2.45) is 5.92 Å². The molecule has 6 nitrogen and oxygen atoms in total. The topological polar surface area (TPSA) is 84.0 Å². The molecule has 1 aromatic carbocycles. The minimum absolute atomic E-state index is 0.0466. The summed E-state index contributed by atoms with van der Waals surface area (Å²) in [6.45, 7) is 7.80. The molecule has 0 fully saturated rings. The Hall–Kier alpha value is -2.28. The molecular weight excluding hydrogens is 360 g/mol. The molecule has 0 radical (unpaired) electrons. The largest absolute Gasteiger partial charge is 0.344 e. The Labute approximate surface area is 164 Å². The van der Waals surface area contributed by atoms with E-state index in [0.717, 1.165) is 41.8 Å². The van der Waals surface area contributed by atoms with Crippen LogP contribution in [0.3, 0.4) is 0 Å². The second kappa shape index (κ2) is 10.2. The molecule has 0 spiro atoms. The minimum Gasteiger partial charge on any atom is -0.344 e. The molecule has 2 amide bonds. The Bertz CT molecular complexity index is 775. The molecule has 0 aliphatic heterocycles. The zero-order chi connectivity index (χ0) is 19.8. The zero-order valence-corrected chi connectivity index (χ0v) is 17.2. The quantitative estimate of drug-likeness (QED) is 0.675. The van der Waals surface area contributed by atoms with Crippen molar-refractivity contribution in [1.29, 1.82) is 0 Å². The van der Waals surface area contributed by atoms with E-state index >= 15 is 0 Å². The maximum Gasteiger partial charge on any atom is 0.248 e. The van der Waals surface area contributed by atoms with Crippen molar-refractivity contribution in [2.75, 3.05) is 5.32 Å². The van der Waals surface area contributed by atoms with Gasteiger partial charge in [0.25, 0.3) is 0 Å². The number of aromatic nitrogens is 2. The molecule has 7 heteroatoms. The van der Waals surface area contributed by atoms with E-state index in [1.165, 1.54) is 11.3 Å². The van der Waals surface area contributed by atoms with Gasteiger partial charge in [-0.3, -0.25) is 14.9 Å². The first-order chi connectivity index (χ1) is 12.9. The second-order valence-electron chi connectivity index (χ2n) is 6.75. The van der Waals surface area contributed by atoms with Crippen LogP contribution in [-0.4, -0.2) is 28.1 Å². The van der Waals surface area contributed by atoms with Gasteiger partial charge < -0.3 is 5.32 Å². The molecule has 2 aromatic rings. The Morgan fingerprint density at radius 2 is 1.96 bits per heavy atom. The van der Waals surface area contributed by atoms with Gasteiger partial charge in [0.05, 0.1) is 0 Å². The van der Waals surface area contributed by atoms with E-state index in [1.807, 2.05) is 38.1 Å². The molecule has 0 unspecified atom stereocenters. The van der Waals surface area contributed by atoms with Crippen LogP contribution in [0.15, 0.2) is 24.3 Å². The molecule has 146 valence electrons. The van der Waals surface area contributed by atoms with Gasteiger partial charge in [0.2, 0.25) is 16.9 Å². The molecule has 27 heavy (non-hydrogen) atoms. The van der Waals surface area contributed by atoms with E-state index < -0.39 is 6.04 Å². The normalized spacial score (nSPS) is 13.0. The van der Waals surface area contributed by atoms with Crippen LogP contribution in [-0.2, 0) is 9.59 Å². The van der Waals surface area contributed by atoms with E-state index in [9.17, 15) is 9.59 Å². The van der Waals surface area contributed by atoms with Crippen molar-refractivity contribution in [1.82, 2.24) is 15.5 Å². The van der Waals surface area contributed by atoms with Crippen LogP contribution in [0.2, 0.25) is 0 Å². The smallest absolute Gasteiger partial charge is 0.248 e. The first-order valence-electron chi connectivity index (χ1n) is 9.46. The summed E-state index contributed by atoms with van der Waals surface area (Å²) in [5.74, 6) is -0.401. The van der Waals surface area contributed by atoms with E-state index in [2.05, 4.69) is 27.8 Å². The van der Waals surface area contributed by atoms with Gasteiger partial charge in [-0.1, -0.05) is 61.8 Å². The average Bonchev–Trinajstić information content (AvgIpc) is 3.10. The molecule has 0 bridgehead atoms. The number of carbonyl (C=O) groups is 2. The molecule has 0 aliphatic carbocycles. The average molecular weight is 389 g/mol. The Kier molecular flexibility index (Phi) is 7.91. The number of amides is 2. The van der Waals surface area contributed by atoms with Gasteiger partial charge in [0, 0.05) is 11.5 Å². The van der Waals surface area contributed by atoms with Crippen LogP contribution in [0.25, 0.3) is 10.6 Å². The summed E-state index contributed by atoms with van der Waals surface area (Å²) in [6, 6.07) is 7.34. The molecule has 0 saturated heterocycles. The number of rotatable bonds is 9. The van der Waals surface area contributed by atoms with Gasteiger partial charge in [-0.05, 0) is 32.8 Å². The lowest BCUT2D eigenvalue weighted by Crippen LogP contribution is -2.44. The van der Waals surface area contributed by atoms with E-state index in [-0.39, 0.29) is 17.7 Å². The van der Waals surface area contributed by atoms with Crippen LogP contribution in [0.4, 0.5) is 5.13 Å². The van der Waals surface area contributed by atoms with E-state index in [4.69, 9.17) is 0 Å². The number of anilines is 1. The molecule has 1 aromatic heterocycles. The van der Waals surface area contributed by atoms with Crippen molar-refractivity contribution < 1.29 is 9.59 Å². The summed E-state index contributed by atoms with van der Waals surface area (Å²) in [5.41, 5.74) is 2.11. The third kappa shape index (κ3) is 6.13. The fourth-order valence-electron chi connectivity index (χ4n) is 2.75. The Morgan fingerprint density at radius 1 is 1.19 bits per heavy atom. The maximum atomic E-state index is 12.4. The highest BCUT2D eigenvalue weighted by molar-refractivity contribution is 7.18. The highest BCUT2D eigenvalue weighted by atomic mass is 32.1. The molecule has 2 atom stereocenters. The number of aryl methyl sites for hydroxylation is 1. The van der Waals surface area contributed by atoms with Crippen molar-refractivity contribution in [3.8, 4) is 10.6 Å². The lowest BCUT2D eigenvalue weighted by atomic mass is 9.98. The fourth-order valence-corrected chi connectivity index (χ4v) is 3.49. The summed E-state index contributed by atoms with van der Waals surface area (Å²) >= 11 is 1.31. The van der Waals surface area contributed by atoms with Crippen LogP contribution in [0.1, 0.15) is 52.0 Å². The standard InChI is InChI=1S/C20H28N4O2S/c1-5-7-10-15(6-2)18(26)21-14(4)17(25)22-20-24-23-19(27-20)16-11-8-9-13(3)12-16/h8-9,11-12,14-15H,5-7,10H2,1-4H3,(H,21,26)(H,22,24,25)/t14-,15-/m0/s1. The van der Waals surface area contributed by atoms with Crippen molar-refractivity contribution in [3.63, 3.8) is 0 Å². The number of nitrogens with zero attached hydrogens (tertiary/aromatic N) is 2. The van der Waals surface area contributed by atoms with Crippen LogP contribution in [0, 0.1) is 12.8 Å². The lowest BCUT2D eigenvalue weighted by Gasteiger charge is -2.18. The van der Waals surface area contributed by atoms with Gasteiger partial charge in [-0.15, -0.1) is 10.2 Å². The van der Waals surface area contributed by atoms with Crippen LogP contribution >= 0.6 is 11.3 Å². The molecule has 0 saturated carbocycles. The van der Waals surface area contributed by atoms with E-state index in [1.54, 1.807) is 6.92 Å². The summed E-state index contributed by atoms with van der Waals surface area (Å²) in [5, 5.41) is 14.9. The van der Waals surface area contributed by atoms with Crippen molar-refractivity contribution >= 4 is 28.3 Å². The minimum atomic E-state index is -0.625. The summed E-state index contributed by atoms with van der Waals surface area (Å²) in [4.78, 5) is 24.7. The highest BCUT2D eigenvalue weighted by Crippen LogP contribution is 2.26. The van der Waals surface area contributed by atoms with Crippen LogP contribution < -0.4 is 10.6 Å². The summed E-state index contributed by atoms with van der Waals surface area (Å²) in [7, 11) is 0. The number of hydrogen-bond donors (Lipinski definition) is 2. The van der Waals surface area contributed by atoms with Gasteiger partial charge in [0.15, 0.2) is 0 Å². The second-order valence-corrected chi connectivity index (χ2v) is 7.73. The maximum absolute atomic E-state index is 12.4. The van der Waals surface area contributed by atoms with Crippen molar-refractivity contribution in [3.05, 3.63) is 29.8 Å². The summed E-state index contributed by atoms with van der Waals surface area (Å²) in [6.07, 6.45) is 3.69. The monoisotopic (exact) mass is 388 g/mol. The Balaban J connectivity index is 1.93. The molecule has 0 aliphatic rings. The lowest BCUT2D eigenvalue weighted by molar-refractivity contribution is -0.129. The molecular formula is C20H28N4O2S. The predicted octanol–water partition coefficient (Wildman–Crippen LogP) is 4.17. The number of hydrogen-bond acceptors (Lipinski definition) is 5. The van der Waals surface area contributed by atoms with Gasteiger partial charge >= 0.3 is 0 Å². The number of carbonyl (C=O) groups excluding carboxylic acids is 2. The first-order valence-corrected chi connectivity index (χ1v) is 10.3. The van der Waals surface area contributed by atoms with Gasteiger partial charge in [0.1, 0.15) is 11.0 Å². The fraction of sp³-hybridized carbons (Fsp3) is 0.500. The molecule has 2 N–H and O–H groups in total. The third-order valence-electron chi connectivity index (χ3n) is 4.44. The highest BCUT2D eigenvalue weighted by Gasteiger charge is 2.22. The van der Waals surface area contributed by atoms with Crippen LogP contribution in [0.5, 0.6) is 0 Å². The predicted molar refractivity (Wildman–Crippen MR) is 110 cm³/mol. The third-order valence-corrected chi connectivity index (χ3v) is 5.33. The summed E-state index contributed by atoms with van der Waals surface area (Å²) < 4.78 is 0. The van der Waals surface area contributed by atoms with Gasteiger partial charge in [-0.25, -0.2) is 0 Å². The first kappa shape index (κ1) is 21.0. The van der Waals surface area contributed by atoms with Gasteiger partial charge in [-0.2, -0.15) is 0 Å². The zero-order valence-electron chi connectivity index (χ0n) is 16.4.